The summed E-state index contributed by atoms with van der Waals surface area (Å²) in [5.74, 6) is 1.21. The number of hydrogen-bond acceptors (Lipinski definition) is 3. The van der Waals surface area contributed by atoms with Crippen molar-refractivity contribution < 1.29 is 9.53 Å². The van der Waals surface area contributed by atoms with Gasteiger partial charge in [-0.05, 0) is 29.8 Å². The van der Waals surface area contributed by atoms with Gasteiger partial charge in [-0.3, -0.25) is 4.79 Å². The lowest BCUT2D eigenvalue weighted by atomic mass is 10.1. The fraction of sp³-hybridized carbons (Fsp3) is 0.143. The number of carbonyl (C=O) groups is 1. The van der Waals surface area contributed by atoms with E-state index in [9.17, 15) is 4.79 Å². The molecule has 5 heteroatoms. The first-order valence-corrected chi connectivity index (χ1v) is 6.51. The van der Waals surface area contributed by atoms with Crippen LogP contribution in [-0.4, -0.2) is 18.0 Å². The van der Waals surface area contributed by atoms with Crippen LogP contribution >= 0.6 is 15.9 Å². The third-order valence-corrected chi connectivity index (χ3v) is 3.01. The summed E-state index contributed by atoms with van der Waals surface area (Å²) in [6.07, 6.45) is 1.94. The van der Waals surface area contributed by atoms with Crippen LogP contribution in [0.5, 0.6) is 5.75 Å². The van der Waals surface area contributed by atoms with Crippen molar-refractivity contribution in [3.8, 4) is 5.75 Å². The van der Waals surface area contributed by atoms with Gasteiger partial charge in [-0.1, -0.05) is 28.1 Å². The van der Waals surface area contributed by atoms with Crippen molar-refractivity contribution in [3.63, 3.8) is 0 Å². The fourth-order valence-electron chi connectivity index (χ4n) is 1.59. The standard InChI is InChI=1S/C14H13BrN2O2/c1-19-12-4-2-10(3-5-12)8-14(18)17-13-9-11(15)6-7-16-13/h2-7,9H,8H2,1H3,(H,16,17,18). The number of nitrogens with one attached hydrogen (secondary N) is 1. The summed E-state index contributed by atoms with van der Waals surface area (Å²) in [5.41, 5.74) is 0.924. The van der Waals surface area contributed by atoms with E-state index in [1.54, 1.807) is 25.4 Å². The normalized spacial score (nSPS) is 10.0. The van der Waals surface area contributed by atoms with Crippen molar-refractivity contribution in [2.24, 2.45) is 0 Å². The van der Waals surface area contributed by atoms with E-state index in [1.807, 2.05) is 24.3 Å². The van der Waals surface area contributed by atoms with Crippen molar-refractivity contribution in [3.05, 3.63) is 52.6 Å². The molecule has 0 aliphatic carbocycles. The van der Waals surface area contributed by atoms with Crippen LogP contribution in [0.1, 0.15) is 5.56 Å². The number of pyridine rings is 1. The van der Waals surface area contributed by atoms with Crippen LogP contribution in [0.3, 0.4) is 0 Å². The molecule has 0 fully saturated rings. The zero-order valence-corrected chi connectivity index (χ0v) is 12.0. The highest BCUT2D eigenvalue weighted by molar-refractivity contribution is 9.10. The summed E-state index contributed by atoms with van der Waals surface area (Å²) in [4.78, 5) is 15.9. The largest absolute Gasteiger partial charge is 0.497 e. The number of anilines is 1. The third-order valence-electron chi connectivity index (χ3n) is 2.51. The quantitative estimate of drug-likeness (QED) is 0.942. The van der Waals surface area contributed by atoms with Crippen LogP contribution in [0.15, 0.2) is 47.1 Å². The summed E-state index contributed by atoms with van der Waals surface area (Å²) in [6, 6.07) is 11.0. The SMILES string of the molecule is COc1ccc(CC(=O)Nc2cc(Br)ccn2)cc1. The fourth-order valence-corrected chi connectivity index (χ4v) is 1.92. The molecule has 0 bridgehead atoms. The minimum absolute atomic E-state index is 0.101. The first kappa shape index (κ1) is 13.5. The average molecular weight is 321 g/mol. The van der Waals surface area contributed by atoms with Gasteiger partial charge in [-0.25, -0.2) is 4.98 Å². The molecular formula is C14H13BrN2O2. The highest BCUT2D eigenvalue weighted by atomic mass is 79.9. The van der Waals surface area contributed by atoms with E-state index >= 15 is 0 Å². The number of halogens is 1. The molecule has 0 aliphatic heterocycles. The van der Waals surface area contributed by atoms with Gasteiger partial charge in [0.05, 0.1) is 13.5 Å². The summed E-state index contributed by atoms with van der Waals surface area (Å²) < 4.78 is 5.94. The van der Waals surface area contributed by atoms with E-state index < -0.39 is 0 Å². The third kappa shape index (κ3) is 4.06. The second-order valence-corrected chi connectivity index (χ2v) is 4.85. The van der Waals surface area contributed by atoms with Crippen LogP contribution in [0.2, 0.25) is 0 Å². The Kier molecular flexibility index (Phi) is 4.52. The smallest absolute Gasteiger partial charge is 0.229 e. The van der Waals surface area contributed by atoms with E-state index in [2.05, 4.69) is 26.2 Å². The molecule has 0 spiro atoms. The number of amides is 1. The molecule has 0 aliphatic rings. The maximum atomic E-state index is 11.8. The Hall–Kier alpha value is -1.88. The number of carbonyl (C=O) groups excluding carboxylic acids is 1. The lowest BCUT2D eigenvalue weighted by molar-refractivity contribution is -0.115. The Morgan fingerprint density at radius 3 is 2.68 bits per heavy atom. The van der Waals surface area contributed by atoms with Crippen molar-refractivity contribution in [1.29, 1.82) is 0 Å². The Labute approximate surface area is 119 Å². The second kappa shape index (κ2) is 6.33. The molecule has 4 nitrogen and oxygen atoms in total. The van der Waals surface area contributed by atoms with Gasteiger partial charge < -0.3 is 10.1 Å². The Bertz CT molecular complexity index is 570. The maximum absolute atomic E-state index is 11.8. The zero-order valence-electron chi connectivity index (χ0n) is 10.4. The molecule has 0 atom stereocenters. The van der Waals surface area contributed by atoms with Gasteiger partial charge in [0.15, 0.2) is 0 Å². The topological polar surface area (TPSA) is 51.2 Å². The molecule has 0 saturated carbocycles. The van der Waals surface area contributed by atoms with E-state index in [1.165, 1.54) is 0 Å². The predicted molar refractivity (Wildman–Crippen MR) is 77.3 cm³/mol. The molecule has 0 saturated heterocycles. The predicted octanol–water partition coefficient (Wildman–Crippen LogP) is 3.03. The summed E-state index contributed by atoms with van der Waals surface area (Å²) >= 11 is 3.33. The van der Waals surface area contributed by atoms with Crippen LogP contribution in [0.25, 0.3) is 0 Å². The second-order valence-electron chi connectivity index (χ2n) is 3.93. The van der Waals surface area contributed by atoms with E-state index in [0.717, 1.165) is 15.8 Å². The lowest BCUT2D eigenvalue weighted by Gasteiger charge is -2.05. The number of methoxy groups -OCH3 is 1. The number of rotatable bonds is 4. The van der Waals surface area contributed by atoms with Crippen LogP contribution in [0.4, 0.5) is 5.82 Å². The number of hydrogen-bond donors (Lipinski definition) is 1. The monoisotopic (exact) mass is 320 g/mol. The molecule has 2 rings (SSSR count). The molecule has 1 aromatic carbocycles. The Morgan fingerprint density at radius 1 is 1.32 bits per heavy atom. The minimum Gasteiger partial charge on any atom is -0.497 e. The number of benzene rings is 1. The van der Waals surface area contributed by atoms with Gasteiger partial charge >= 0.3 is 0 Å². The molecule has 0 radical (unpaired) electrons. The van der Waals surface area contributed by atoms with Crippen LogP contribution < -0.4 is 10.1 Å². The highest BCUT2D eigenvalue weighted by Gasteiger charge is 2.05. The molecular weight excluding hydrogens is 308 g/mol. The number of aromatic nitrogens is 1. The highest BCUT2D eigenvalue weighted by Crippen LogP contribution is 2.14. The van der Waals surface area contributed by atoms with Crippen molar-refractivity contribution >= 4 is 27.7 Å². The zero-order chi connectivity index (χ0) is 13.7. The number of nitrogens with zero attached hydrogens (tertiary/aromatic N) is 1. The molecule has 1 N–H and O–H groups in total. The van der Waals surface area contributed by atoms with E-state index in [4.69, 9.17) is 4.74 Å². The Balaban J connectivity index is 1.97. The first-order valence-electron chi connectivity index (χ1n) is 5.72. The van der Waals surface area contributed by atoms with Gasteiger partial charge in [0.2, 0.25) is 5.91 Å². The molecule has 1 aromatic heterocycles. The van der Waals surface area contributed by atoms with Crippen molar-refractivity contribution in [2.75, 3.05) is 12.4 Å². The molecule has 1 amide bonds. The summed E-state index contributed by atoms with van der Waals surface area (Å²) in [5, 5.41) is 2.75. The molecule has 19 heavy (non-hydrogen) atoms. The van der Waals surface area contributed by atoms with Crippen molar-refractivity contribution in [2.45, 2.75) is 6.42 Å². The van der Waals surface area contributed by atoms with Crippen molar-refractivity contribution in [1.82, 2.24) is 4.98 Å². The van der Waals surface area contributed by atoms with E-state index in [0.29, 0.717) is 12.2 Å². The number of ether oxygens (including phenoxy) is 1. The molecule has 1 heterocycles. The lowest BCUT2D eigenvalue weighted by Crippen LogP contribution is -2.15. The van der Waals surface area contributed by atoms with Gasteiger partial charge in [0, 0.05) is 10.7 Å². The first-order chi connectivity index (χ1) is 9.17. The minimum atomic E-state index is -0.101. The maximum Gasteiger partial charge on any atom is 0.229 e. The molecule has 98 valence electrons. The van der Waals surface area contributed by atoms with E-state index in [-0.39, 0.29) is 5.91 Å². The van der Waals surface area contributed by atoms with Gasteiger partial charge in [-0.15, -0.1) is 0 Å². The molecule has 0 unspecified atom stereocenters. The van der Waals surface area contributed by atoms with Crippen LogP contribution in [-0.2, 0) is 11.2 Å². The van der Waals surface area contributed by atoms with Gasteiger partial charge in [0.25, 0.3) is 0 Å². The average Bonchev–Trinajstić information content (AvgIpc) is 2.39. The van der Waals surface area contributed by atoms with Crippen LogP contribution in [0, 0.1) is 0 Å². The molecule has 2 aromatic rings. The Morgan fingerprint density at radius 2 is 2.05 bits per heavy atom. The summed E-state index contributed by atoms with van der Waals surface area (Å²) in [6.45, 7) is 0. The van der Waals surface area contributed by atoms with Gasteiger partial charge in [-0.2, -0.15) is 0 Å². The van der Waals surface area contributed by atoms with Gasteiger partial charge in [0.1, 0.15) is 11.6 Å². The summed E-state index contributed by atoms with van der Waals surface area (Å²) in [7, 11) is 1.61.